The lowest BCUT2D eigenvalue weighted by atomic mass is 9.70. The van der Waals surface area contributed by atoms with E-state index >= 15 is 0 Å². The van der Waals surface area contributed by atoms with E-state index < -0.39 is 158 Å². The van der Waals surface area contributed by atoms with Crippen molar-refractivity contribution in [2.75, 3.05) is 4.90 Å². The Morgan fingerprint density at radius 2 is 0.914 bits per heavy atom. The summed E-state index contributed by atoms with van der Waals surface area (Å²) in [6, 6.07) is 32.4. The molecule has 3 aliphatic rings. The summed E-state index contributed by atoms with van der Waals surface area (Å²) in [6.07, 6.45) is 0. The zero-order valence-corrected chi connectivity index (χ0v) is 37.6. The molecule has 2 heteroatoms. The summed E-state index contributed by atoms with van der Waals surface area (Å²) in [4.78, 5) is 1.71. The van der Waals surface area contributed by atoms with Crippen molar-refractivity contribution >= 4 is 49.8 Å². The first kappa shape index (κ1) is 26.1. The number of hydrogen-bond acceptors (Lipinski definition) is 2. The Morgan fingerprint density at radius 3 is 1.59 bits per heavy atom. The van der Waals surface area contributed by atoms with Crippen LogP contribution in [0.25, 0.3) is 88.3 Å². The van der Waals surface area contributed by atoms with E-state index in [1.807, 2.05) is 78.9 Å². The zero-order valence-electron chi connectivity index (χ0n) is 54.6. The SMILES string of the molecule is [2H]c1c([2H])c(N(c2ccc3c(c2)C(C)(C)c2ccccc2-3)c2ccc3c(c2)C2(c4ccccc4-c4ccccc42)c2ccccc2-3)c([2H])c([2H])c1-c1c([2H])c([2H])c2c([2H])c([2H])c([2H])c([2H])c2c1-c1c([2H])c([2H])c([2H])c2c1oc1c([2H])c([2H])c([2H])c([2H])c12. The predicted molar refractivity (Wildman–Crippen MR) is 291 cm³/mol. The van der Waals surface area contributed by atoms with Crippen LogP contribution in [0.1, 0.15) is 70.5 Å². The lowest BCUT2D eigenvalue weighted by Gasteiger charge is -2.32. The summed E-state index contributed by atoms with van der Waals surface area (Å²) in [6.45, 7) is 4.25. The number of benzene rings is 11. The van der Waals surface area contributed by atoms with E-state index in [2.05, 4.69) is 68.4 Å². The molecule has 0 amide bonds. The molecule has 12 aromatic rings. The topological polar surface area (TPSA) is 16.4 Å². The smallest absolute Gasteiger partial charge is 0.143 e. The van der Waals surface area contributed by atoms with Gasteiger partial charge >= 0.3 is 0 Å². The number of para-hydroxylation sites is 2. The quantitative estimate of drug-likeness (QED) is 0.171. The van der Waals surface area contributed by atoms with E-state index in [0.29, 0.717) is 11.4 Å². The van der Waals surface area contributed by atoms with Gasteiger partial charge in [0.15, 0.2) is 0 Å². The largest absolute Gasteiger partial charge is 0.455 e. The standard InChI is InChI=1S/C68H45NO/c1-67(2)58-25-10-5-18-49(58)53-38-35-45(40-62(53)67)69(46-36-39-54-52-21-8-13-28-61(52)68(63(54)41-46)59-26-11-6-19-50(59)51-20-7-12-27-60(51)68)44-33-30-43(31-34-44)48-37-32-42-16-3-4-17-47(42)65(48)57-24-15-23-56-55-22-9-14-29-64(55)70-66(56)57/h3-41H,1-2H3/i3D,4D,9D,14D,15D,16D,17D,22D,23D,24D,29D,30D,31D,32D,33D,34D,37D. The Kier molecular flexibility index (Phi) is 5.38. The van der Waals surface area contributed by atoms with Crippen LogP contribution in [0, 0.1) is 0 Å². The van der Waals surface area contributed by atoms with Crippen molar-refractivity contribution in [2.45, 2.75) is 24.7 Å². The number of anilines is 3. The van der Waals surface area contributed by atoms with Gasteiger partial charge in [-0.2, -0.15) is 0 Å². The van der Waals surface area contributed by atoms with E-state index in [0.717, 1.165) is 66.8 Å². The van der Waals surface area contributed by atoms with E-state index in [9.17, 15) is 12.3 Å². The molecule has 1 spiro atoms. The molecule has 0 bridgehead atoms. The van der Waals surface area contributed by atoms with Crippen LogP contribution >= 0.6 is 0 Å². The van der Waals surface area contributed by atoms with Crippen molar-refractivity contribution < 1.29 is 27.7 Å². The Morgan fingerprint density at radius 1 is 0.386 bits per heavy atom. The lowest BCUT2D eigenvalue weighted by Crippen LogP contribution is -2.26. The fourth-order valence-electron chi connectivity index (χ4n) is 11.9. The number of fused-ring (bicyclic) bond motifs is 17. The van der Waals surface area contributed by atoms with Crippen LogP contribution in [0.5, 0.6) is 0 Å². The highest BCUT2D eigenvalue weighted by atomic mass is 16.3. The molecule has 0 radical (unpaired) electrons. The van der Waals surface area contributed by atoms with Gasteiger partial charge in [-0.25, -0.2) is 0 Å². The molecule has 15 rings (SSSR count). The van der Waals surface area contributed by atoms with Gasteiger partial charge in [0.25, 0.3) is 0 Å². The average Bonchev–Trinajstić information content (AvgIpc) is 1.58. The number of furan rings is 1. The molecule has 0 saturated carbocycles. The van der Waals surface area contributed by atoms with Crippen molar-refractivity contribution in [1.82, 2.24) is 0 Å². The van der Waals surface area contributed by atoms with Gasteiger partial charge in [0.05, 0.1) is 28.7 Å². The minimum atomic E-state index is -0.844. The Balaban J connectivity index is 1.05. The van der Waals surface area contributed by atoms with Crippen LogP contribution in [0.2, 0.25) is 0 Å². The zero-order chi connectivity index (χ0) is 61.1. The van der Waals surface area contributed by atoms with Crippen molar-refractivity contribution in [1.29, 1.82) is 0 Å². The Labute approximate surface area is 431 Å². The fourth-order valence-corrected chi connectivity index (χ4v) is 11.9. The van der Waals surface area contributed by atoms with Crippen LogP contribution in [0.15, 0.2) is 241 Å². The lowest BCUT2D eigenvalue weighted by molar-refractivity contribution is 0.660. The van der Waals surface area contributed by atoms with Crippen LogP contribution in [0.4, 0.5) is 17.1 Å². The molecule has 3 aliphatic carbocycles. The van der Waals surface area contributed by atoms with Gasteiger partial charge in [-0.3, -0.25) is 0 Å². The van der Waals surface area contributed by atoms with Crippen LogP contribution in [0.3, 0.4) is 0 Å². The predicted octanol–water partition coefficient (Wildman–Crippen LogP) is 18.2. The Bertz CT molecular complexity index is 5110. The van der Waals surface area contributed by atoms with E-state index in [4.69, 9.17) is 15.4 Å². The molecule has 70 heavy (non-hydrogen) atoms. The Hall–Kier alpha value is -8.72. The van der Waals surface area contributed by atoms with Crippen LogP contribution in [-0.4, -0.2) is 0 Å². The third-order valence-electron chi connectivity index (χ3n) is 14.8. The third kappa shape index (κ3) is 5.23. The van der Waals surface area contributed by atoms with Gasteiger partial charge in [0.1, 0.15) is 11.2 Å². The first-order chi connectivity index (χ1) is 41.6. The molecule has 2 nitrogen and oxygen atoms in total. The first-order valence-electron chi connectivity index (χ1n) is 31.6. The maximum absolute atomic E-state index is 10.3. The molecule has 0 N–H and O–H groups in total. The maximum atomic E-state index is 10.3. The highest BCUT2D eigenvalue weighted by Gasteiger charge is 2.51. The molecule has 1 aromatic heterocycles. The second kappa shape index (κ2) is 14.4. The van der Waals surface area contributed by atoms with E-state index in [-0.39, 0.29) is 16.5 Å². The van der Waals surface area contributed by atoms with Crippen LogP contribution in [-0.2, 0) is 10.8 Å². The van der Waals surface area contributed by atoms with Gasteiger partial charge in [-0.15, -0.1) is 0 Å². The third-order valence-corrected chi connectivity index (χ3v) is 14.8. The number of rotatable bonds is 5. The van der Waals surface area contributed by atoms with E-state index in [1.165, 1.54) is 0 Å². The second-order valence-corrected chi connectivity index (χ2v) is 18.6. The van der Waals surface area contributed by atoms with Gasteiger partial charge in [-0.05, 0) is 131 Å². The van der Waals surface area contributed by atoms with Gasteiger partial charge in [-0.1, -0.05) is 208 Å². The molecule has 0 saturated heterocycles. The first-order valence-corrected chi connectivity index (χ1v) is 23.1. The minimum Gasteiger partial charge on any atom is -0.455 e. The summed E-state index contributed by atoms with van der Waals surface area (Å²) in [7, 11) is 0. The van der Waals surface area contributed by atoms with E-state index in [1.54, 1.807) is 4.90 Å². The van der Waals surface area contributed by atoms with Crippen molar-refractivity contribution in [3.63, 3.8) is 0 Å². The molecule has 0 atom stereocenters. The van der Waals surface area contributed by atoms with Gasteiger partial charge in [0.2, 0.25) is 0 Å². The molecular formula is C68H45NO. The van der Waals surface area contributed by atoms with Gasteiger partial charge < -0.3 is 9.32 Å². The minimum absolute atomic E-state index is 0.211. The highest BCUT2D eigenvalue weighted by Crippen LogP contribution is 2.63. The highest BCUT2D eigenvalue weighted by molar-refractivity contribution is 6.15. The average molecular weight is 909 g/mol. The fraction of sp³-hybridized carbons (Fsp3) is 0.0588. The molecule has 328 valence electrons. The molecule has 0 aliphatic heterocycles. The van der Waals surface area contributed by atoms with Crippen LogP contribution < -0.4 is 4.90 Å². The van der Waals surface area contributed by atoms with Crippen molar-refractivity contribution in [3.05, 3.63) is 270 Å². The summed E-state index contributed by atoms with van der Waals surface area (Å²) >= 11 is 0. The van der Waals surface area contributed by atoms with Gasteiger partial charge in [0, 0.05) is 44.4 Å². The summed E-state index contributed by atoms with van der Waals surface area (Å²) in [5.41, 5.74) is 8.37. The monoisotopic (exact) mass is 908 g/mol. The normalized spacial score (nSPS) is 17.5. The summed E-state index contributed by atoms with van der Waals surface area (Å²) in [5, 5.41) is -1.74. The molecule has 11 aromatic carbocycles. The summed E-state index contributed by atoms with van der Waals surface area (Å²) in [5.74, 6) is 0. The number of hydrogen-bond donors (Lipinski definition) is 0. The maximum Gasteiger partial charge on any atom is 0.143 e. The molecular weight excluding hydrogens is 847 g/mol. The summed E-state index contributed by atoms with van der Waals surface area (Å²) < 4.78 is 166. The molecule has 0 unspecified atom stereocenters. The van der Waals surface area contributed by atoms with Crippen molar-refractivity contribution in [3.8, 4) is 55.6 Å². The second-order valence-electron chi connectivity index (χ2n) is 18.6. The molecule has 0 fully saturated rings. The molecule has 1 heterocycles. The number of nitrogens with zero attached hydrogens (tertiary/aromatic N) is 1. The van der Waals surface area contributed by atoms with Crippen molar-refractivity contribution in [2.24, 2.45) is 0 Å².